The van der Waals surface area contributed by atoms with Gasteiger partial charge in [0.2, 0.25) is 0 Å². The number of hydrogen-bond donors (Lipinski definition) is 2. The Kier molecular flexibility index (Phi) is 7.72. The van der Waals surface area contributed by atoms with E-state index in [0.717, 1.165) is 42.1 Å². The highest BCUT2D eigenvalue weighted by Crippen LogP contribution is 2.16. The second-order valence-electron chi connectivity index (χ2n) is 5.54. The van der Waals surface area contributed by atoms with Crippen LogP contribution in [-0.4, -0.2) is 28.6 Å². The lowest BCUT2D eigenvalue weighted by Crippen LogP contribution is -2.38. The third-order valence-electron chi connectivity index (χ3n) is 3.80. The van der Waals surface area contributed by atoms with Crippen molar-refractivity contribution in [3.05, 3.63) is 66.6 Å². The first-order chi connectivity index (χ1) is 11.9. The summed E-state index contributed by atoms with van der Waals surface area (Å²) in [6.45, 7) is 5.25. The zero-order valence-electron chi connectivity index (χ0n) is 14.4. The van der Waals surface area contributed by atoms with E-state index in [2.05, 4.69) is 63.8 Å². The van der Waals surface area contributed by atoms with E-state index < -0.39 is 0 Å². The van der Waals surface area contributed by atoms with Crippen LogP contribution < -0.4 is 10.6 Å². The molecule has 0 aliphatic carbocycles. The highest BCUT2D eigenvalue weighted by Gasteiger charge is 2.02. The van der Waals surface area contributed by atoms with E-state index in [0.29, 0.717) is 6.54 Å². The maximum atomic E-state index is 4.70. The van der Waals surface area contributed by atoms with Gasteiger partial charge in [0.15, 0.2) is 5.96 Å². The topological polar surface area (TPSA) is 54.2 Å². The van der Waals surface area contributed by atoms with Gasteiger partial charge in [-0.1, -0.05) is 24.3 Å². The maximum Gasteiger partial charge on any atom is 0.191 e. The Morgan fingerprint density at radius 1 is 1.08 bits per heavy atom. The molecule has 0 fully saturated rings. The van der Waals surface area contributed by atoms with Gasteiger partial charge in [0.05, 0.1) is 12.1 Å². The summed E-state index contributed by atoms with van der Waals surface area (Å²) in [5, 5.41) is 7.81. The summed E-state index contributed by atoms with van der Waals surface area (Å²) in [6.07, 6.45) is 5.96. The van der Waals surface area contributed by atoms with Crippen LogP contribution in [0.25, 0.3) is 10.9 Å². The molecule has 0 saturated carbocycles. The number of rotatable bonds is 6. The summed E-state index contributed by atoms with van der Waals surface area (Å²) in [6, 6.07) is 14.3. The van der Waals surface area contributed by atoms with E-state index in [1.807, 2.05) is 24.4 Å². The average molecular weight is 449 g/mol. The summed E-state index contributed by atoms with van der Waals surface area (Å²) in [4.78, 5) is 9.19. The number of fused-ring (bicyclic) bond motifs is 1. The Morgan fingerprint density at radius 2 is 1.88 bits per heavy atom. The van der Waals surface area contributed by atoms with Crippen LogP contribution in [-0.2, 0) is 13.1 Å². The number of hydrogen-bond acceptors (Lipinski definition) is 2. The van der Waals surface area contributed by atoms with Gasteiger partial charge in [-0.15, -0.1) is 24.0 Å². The Balaban J connectivity index is 0.00000225. The van der Waals surface area contributed by atoms with Crippen LogP contribution in [0.15, 0.2) is 66.0 Å². The summed E-state index contributed by atoms with van der Waals surface area (Å²) >= 11 is 0. The molecular weight excluding hydrogens is 425 g/mol. The van der Waals surface area contributed by atoms with E-state index >= 15 is 0 Å². The predicted octanol–water partition coefficient (Wildman–Crippen LogP) is 3.41. The third-order valence-corrected chi connectivity index (χ3v) is 3.80. The quantitative estimate of drug-likeness (QED) is 0.345. The molecule has 6 heteroatoms. The zero-order valence-corrected chi connectivity index (χ0v) is 16.7. The van der Waals surface area contributed by atoms with Gasteiger partial charge in [0.1, 0.15) is 0 Å². The normalized spacial score (nSPS) is 11.2. The van der Waals surface area contributed by atoms with E-state index in [1.165, 1.54) is 0 Å². The van der Waals surface area contributed by atoms with Crippen molar-refractivity contribution in [2.45, 2.75) is 20.0 Å². The van der Waals surface area contributed by atoms with Gasteiger partial charge in [-0.2, -0.15) is 0 Å². The third kappa shape index (κ3) is 5.45. The molecule has 0 atom stereocenters. The highest BCUT2D eigenvalue weighted by molar-refractivity contribution is 14.0. The van der Waals surface area contributed by atoms with Crippen LogP contribution in [0.2, 0.25) is 0 Å². The van der Waals surface area contributed by atoms with Crippen LogP contribution in [0.1, 0.15) is 12.5 Å². The molecule has 2 aromatic heterocycles. The molecule has 25 heavy (non-hydrogen) atoms. The molecule has 3 rings (SSSR count). The largest absolute Gasteiger partial charge is 0.357 e. The van der Waals surface area contributed by atoms with Crippen molar-refractivity contribution in [1.29, 1.82) is 0 Å². The zero-order chi connectivity index (χ0) is 16.6. The second kappa shape index (κ2) is 10.0. The molecule has 0 spiro atoms. The Labute approximate surface area is 165 Å². The molecular formula is C19H24IN5. The Hall–Kier alpha value is -2.09. The van der Waals surface area contributed by atoms with Gasteiger partial charge in [-0.3, -0.25) is 4.98 Å². The molecule has 2 heterocycles. The lowest BCUT2D eigenvalue weighted by atomic mass is 10.1. The summed E-state index contributed by atoms with van der Waals surface area (Å²) in [5.74, 6) is 0.831. The molecule has 0 unspecified atom stereocenters. The predicted molar refractivity (Wildman–Crippen MR) is 114 cm³/mol. The molecule has 5 nitrogen and oxygen atoms in total. The number of halogens is 1. The number of para-hydroxylation sites is 1. The molecule has 2 N–H and O–H groups in total. The second-order valence-corrected chi connectivity index (χ2v) is 5.54. The van der Waals surface area contributed by atoms with Crippen molar-refractivity contribution >= 4 is 40.8 Å². The molecule has 0 amide bonds. The number of nitrogens with one attached hydrogen (secondary N) is 2. The number of nitrogens with zero attached hydrogens (tertiary/aromatic N) is 3. The first kappa shape index (κ1) is 19.2. The van der Waals surface area contributed by atoms with Gasteiger partial charge < -0.3 is 15.2 Å². The fraction of sp³-hybridized carbons (Fsp3) is 0.263. The number of benzene rings is 1. The number of aliphatic imine (C=N–C) groups is 1. The van der Waals surface area contributed by atoms with Crippen molar-refractivity contribution in [1.82, 2.24) is 20.2 Å². The Bertz CT molecular complexity index is 793. The molecule has 0 aliphatic rings. The van der Waals surface area contributed by atoms with E-state index in [1.54, 1.807) is 0 Å². The molecule has 0 aliphatic heterocycles. The number of pyridine rings is 1. The minimum atomic E-state index is 0. The lowest BCUT2D eigenvalue weighted by molar-refractivity contribution is 0.666. The van der Waals surface area contributed by atoms with E-state index in [-0.39, 0.29) is 24.0 Å². The van der Waals surface area contributed by atoms with Crippen molar-refractivity contribution in [2.75, 3.05) is 13.1 Å². The first-order valence-electron chi connectivity index (χ1n) is 8.32. The smallest absolute Gasteiger partial charge is 0.191 e. The standard InChI is InChI=1S/C19H23N5.HI/c1-2-20-19(22-11-14-24-12-3-4-13-24)23-15-17-8-5-7-16-9-6-10-21-18(16)17;/h3-10,12-13H,2,11,14-15H2,1H3,(H2,20,22,23);1H. The first-order valence-corrected chi connectivity index (χ1v) is 8.32. The monoisotopic (exact) mass is 449 g/mol. The molecule has 132 valence electrons. The molecule has 3 aromatic rings. The highest BCUT2D eigenvalue weighted by atomic mass is 127. The maximum absolute atomic E-state index is 4.70. The molecule has 0 bridgehead atoms. The van der Waals surface area contributed by atoms with Crippen molar-refractivity contribution in [3.8, 4) is 0 Å². The van der Waals surface area contributed by atoms with E-state index in [4.69, 9.17) is 4.99 Å². The molecule has 0 saturated heterocycles. The fourth-order valence-corrected chi connectivity index (χ4v) is 2.62. The lowest BCUT2D eigenvalue weighted by Gasteiger charge is -2.12. The minimum absolute atomic E-state index is 0. The van der Waals surface area contributed by atoms with Crippen molar-refractivity contribution in [2.24, 2.45) is 4.99 Å². The number of aromatic nitrogens is 2. The van der Waals surface area contributed by atoms with Crippen LogP contribution in [0.4, 0.5) is 0 Å². The van der Waals surface area contributed by atoms with Crippen LogP contribution in [0.5, 0.6) is 0 Å². The van der Waals surface area contributed by atoms with Gasteiger partial charge in [-0.25, -0.2) is 4.99 Å². The SMILES string of the molecule is CCNC(=NCc1cccc2cccnc12)NCCn1cccc1.I. The fourth-order valence-electron chi connectivity index (χ4n) is 2.62. The average Bonchev–Trinajstić information content (AvgIpc) is 3.13. The van der Waals surface area contributed by atoms with Crippen molar-refractivity contribution in [3.63, 3.8) is 0 Å². The molecule has 0 radical (unpaired) electrons. The van der Waals surface area contributed by atoms with Crippen LogP contribution in [0, 0.1) is 0 Å². The number of guanidine groups is 1. The summed E-state index contributed by atoms with van der Waals surface area (Å²) in [5.41, 5.74) is 2.16. The van der Waals surface area contributed by atoms with Gasteiger partial charge in [-0.05, 0) is 30.7 Å². The minimum Gasteiger partial charge on any atom is -0.357 e. The van der Waals surface area contributed by atoms with Gasteiger partial charge in [0.25, 0.3) is 0 Å². The Morgan fingerprint density at radius 3 is 2.68 bits per heavy atom. The van der Waals surface area contributed by atoms with Crippen LogP contribution >= 0.6 is 24.0 Å². The molecule has 1 aromatic carbocycles. The van der Waals surface area contributed by atoms with Gasteiger partial charge >= 0.3 is 0 Å². The van der Waals surface area contributed by atoms with Crippen molar-refractivity contribution < 1.29 is 0 Å². The van der Waals surface area contributed by atoms with Gasteiger partial charge in [0, 0.05) is 43.6 Å². The van der Waals surface area contributed by atoms with Crippen LogP contribution in [0.3, 0.4) is 0 Å². The van der Waals surface area contributed by atoms with E-state index in [9.17, 15) is 0 Å². The summed E-state index contributed by atoms with van der Waals surface area (Å²) < 4.78 is 2.14. The summed E-state index contributed by atoms with van der Waals surface area (Å²) in [7, 11) is 0.